The third-order valence-electron chi connectivity index (χ3n) is 2.68. The number of aliphatic hydroxyl groups is 1. The number of fused-ring (bicyclic) bond motifs is 1. The molecule has 1 aromatic heterocycles. The number of hydrogen-bond acceptors (Lipinski definition) is 5. The van der Waals surface area contributed by atoms with Gasteiger partial charge in [0.2, 0.25) is 0 Å². The van der Waals surface area contributed by atoms with E-state index in [-0.39, 0.29) is 18.4 Å². The Kier molecular flexibility index (Phi) is 4.33. The predicted octanol–water partition coefficient (Wildman–Crippen LogP) is 0.793. The first-order valence-corrected chi connectivity index (χ1v) is 6.90. The zero-order valence-corrected chi connectivity index (χ0v) is 10.7. The van der Waals surface area contributed by atoms with Crippen LogP contribution in [-0.4, -0.2) is 51.5 Å². The number of hydrogen-bond donors (Lipinski definition) is 1. The van der Waals surface area contributed by atoms with E-state index in [1.165, 1.54) is 17.3 Å². The molecule has 0 aromatic carbocycles. The van der Waals surface area contributed by atoms with Crippen molar-refractivity contribution in [3.05, 3.63) is 29.6 Å². The van der Waals surface area contributed by atoms with Crippen molar-refractivity contribution >= 4 is 23.6 Å². The largest absolute Gasteiger partial charge is 0.396 e. The predicted molar refractivity (Wildman–Crippen MR) is 68.6 cm³/mol. The van der Waals surface area contributed by atoms with Crippen molar-refractivity contribution in [3.8, 4) is 0 Å². The molecule has 18 heavy (non-hydrogen) atoms. The minimum Gasteiger partial charge on any atom is -0.396 e. The summed E-state index contributed by atoms with van der Waals surface area (Å²) in [6, 6.07) is 1.58. The molecule has 96 valence electrons. The van der Waals surface area contributed by atoms with E-state index in [2.05, 4.69) is 4.98 Å². The number of carbonyl (C=O) groups is 2. The van der Waals surface area contributed by atoms with Gasteiger partial charge in [-0.3, -0.25) is 19.5 Å². The van der Waals surface area contributed by atoms with Crippen LogP contribution >= 0.6 is 11.8 Å². The summed E-state index contributed by atoms with van der Waals surface area (Å²) in [5.74, 6) is 1.03. The fourth-order valence-electron chi connectivity index (χ4n) is 1.76. The van der Waals surface area contributed by atoms with Crippen molar-refractivity contribution in [2.24, 2.45) is 0 Å². The van der Waals surface area contributed by atoms with Gasteiger partial charge in [0, 0.05) is 31.3 Å². The van der Waals surface area contributed by atoms with E-state index >= 15 is 0 Å². The van der Waals surface area contributed by atoms with Gasteiger partial charge in [0.05, 0.1) is 11.1 Å². The van der Waals surface area contributed by atoms with Gasteiger partial charge in [-0.25, -0.2) is 0 Å². The second-order valence-corrected chi connectivity index (χ2v) is 5.10. The van der Waals surface area contributed by atoms with Crippen LogP contribution in [0.15, 0.2) is 18.5 Å². The summed E-state index contributed by atoms with van der Waals surface area (Å²) in [6.45, 7) is 0.578. The molecule has 0 unspecified atom stereocenters. The Bertz CT molecular complexity index is 429. The average Bonchev–Trinajstić information content (AvgIpc) is 2.64. The molecule has 1 N–H and O–H groups in total. The summed E-state index contributed by atoms with van der Waals surface area (Å²) in [6.07, 6.45) is 3.69. The number of thioether (sulfide) groups is 1. The van der Waals surface area contributed by atoms with E-state index in [9.17, 15) is 9.59 Å². The molecular weight excluding hydrogens is 252 g/mol. The maximum atomic E-state index is 12.0. The van der Waals surface area contributed by atoms with Crippen molar-refractivity contribution in [1.29, 1.82) is 0 Å². The molecule has 0 radical (unpaired) electrons. The molecule has 0 fully saturated rings. The molecule has 5 nitrogen and oxygen atoms in total. The van der Waals surface area contributed by atoms with E-state index in [0.29, 0.717) is 23.4 Å². The highest BCUT2D eigenvalue weighted by Crippen LogP contribution is 2.21. The van der Waals surface area contributed by atoms with Gasteiger partial charge in [-0.05, 0) is 18.2 Å². The van der Waals surface area contributed by atoms with Crippen LogP contribution in [0, 0.1) is 0 Å². The summed E-state index contributed by atoms with van der Waals surface area (Å²) < 4.78 is 0. The van der Waals surface area contributed by atoms with Gasteiger partial charge in [0.25, 0.3) is 11.8 Å². The number of aromatic nitrogens is 1. The van der Waals surface area contributed by atoms with Crippen LogP contribution in [0.4, 0.5) is 0 Å². The lowest BCUT2D eigenvalue weighted by Gasteiger charge is -2.12. The Balaban J connectivity index is 1.93. The normalized spacial score (nSPS) is 14.2. The summed E-state index contributed by atoms with van der Waals surface area (Å²) >= 11 is 1.63. The third kappa shape index (κ3) is 2.54. The topological polar surface area (TPSA) is 70.5 Å². The number of aliphatic hydroxyl groups excluding tert-OH is 1. The molecule has 1 aliphatic rings. The fourth-order valence-corrected chi connectivity index (χ4v) is 2.61. The Hall–Kier alpha value is -1.40. The lowest BCUT2D eigenvalue weighted by atomic mass is 10.2. The molecule has 0 aliphatic carbocycles. The Labute approximate surface area is 109 Å². The molecule has 0 saturated heterocycles. The van der Waals surface area contributed by atoms with Crippen molar-refractivity contribution in [3.63, 3.8) is 0 Å². The number of amides is 2. The number of carbonyl (C=O) groups excluding carboxylic acids is 2. The fraction of sp³-hybridized carbons (Fsp3) is 0.417. The van der Waals surface area contributed by atoms with Crippen LogP contribution in [0.25, 0.3) is 0 Å². The quantitative estimate of drug-likeness (QED) is 0.609. The van der Waals surface area contributed by atoms with Crippen LogP contribution < -0.4 is 0 Å². The molecule has 2 heterocycles. The van der Waals surface area contributed by atoms with E-state index in [1.807, 2.05) is 0 Å². The van der Waals surface area contributed by atoms with Gasteiger partial charge >= 0.3 is 0 Å². The average molecular weight is 266 g/mol. The lowest BCUT2D eigenvalue weighted by molar-refractivity contribution is 0.0664. The molecular formula is C12H14N2O3S. The molecule has 1 aromatic rings. The first-order valence-electron chi connectivity index (χ1n) is 5.74. The molecule has 2 amide bonds. The van der Waals surface area contributed by atoms with E-state index in [1.54, 1.807) is 17.8 Å². The minimum atomic E-state index is -0.258. The smallest absolute Gasteiger partial charge is 0.263 e. The van der Waals surface area contributed by atoms with E-state index < -0.39 is 0 Å². The van der Waals surface area contributed by atoms with Crippen LogP contribution in [-0.2, 0) is 0 Å². The lowest BCUT2D eigenvalue weighted by Crippen LogP contribution is -2.31. The van der Waals surface area contributed by atoms with Gasteiger partial charge in [0.15, 0.2) is 0 Å². The molecule has 6 heteroatoms. The summed E-state index contributed by atoms with van der Waals surface area (Å²) in [7, 11) is 0. The minimum absolute atomic E-state index is 0.172. The van der Waals surface area contributed by atoms with Crippen molar-refractivity contribution in [1.82, 2.24) is 9.88 Å². The SMILES string of the molecule is O=C1c2ccncc2C(=O)N1CCSCCCO. The highest BCUT2D eigenvalue weighted by Gasteiger charge is 2.34. The Morgan fingerprint density at radius 3 is 2.72 bits per heavy atom. The van der Waals surface area contributed by atoms with Crippen molar-refractivity contribution in [2.75, 3.05) is 24.7 Å². The molecule has 0 saturated carbocycles. The first-order chi connectivity index (χ1) is 8.75. The molecule has 0 spiro atoms. The van der Waals surface area contributed by atoms with Crippen molar-refractivity contribution in [2.45, 2.75) is 6.42 Å². The highest BCUT2D eigenvalue weighted by atomic mass is 32.2. The summed E-state index contributed by atoms with van der Waals surface area (Å²) in [5, 5.41) is 8.64. The Morgan fingerprint density at radius 1 is 1.22 bits per heavy atom. The van der Waals surface area contributed by atoms with Crippen LogP contribution in [0.5, 0.6) is 0 Å². The summed E-state index contributed by atoms with van der Waals surface area (Å²) in [5.41, 5.74) is 0.832. The maximum Gasteiger partial charge on any atom is 0.263 e. The standard InChI is InChI=1S/C12H14N2O3S/c15-5-1-6-18-7-4-14-11(16)9-2-3-13-8-10(9)12(14)17/h2-3,8,15H,1,4-7H2. The molecule has 1 aliphatic heterocycles. The zero-order valence-electron chi connectivity index (χ0n) is 9.83. The van der Waals surface area contributed by atoms with Gasteiger partial charge < -0.3 is 5.11 Å². The van der Waals surface area contributed by atoms with Gasteiger partial charge in [0.1, 0.15) is 0 Å². The maximum absolute atomic E-state index is 12.0. The molecule has 0 bridgehead atoms. The van der Waals surface area contributed by atoms with Gasteiger partial charge in [-0.1, -0.05) is 0 Å². The monoisotopic (exact) mass is 266 g/mol. The summed E-state index contributed by atoms with van der Waals surface area (Å²) in [4.78, 5) is 29.0. The first kappa shape index (κ1) is 13.0. The highest BCUT2D eigenvalue weighted by molar-refractivity contribution is 7.99. The van der Waals surface area contributed by atoms with E-state index in [0.717, 1.165) is 12.2 Å². The third-order valence-corrected chi connectivity index (χ3v) is 3.73. The second-order valence-electron chi connectivity index (χ2n) is 3.87. The second kappa shape index (κ2) is 5.97. The number of pyridine rings is 1. The van der Waals surface area contributed by atoms with Gasteiger partial charge in [-0.15, -0.1) is 0 Å². The van der Waals surface area contributed by atoms with Crippen LogP contribution in [0.2, 0.25) is 0 Å². The number of imide groups is 1. The zero-order chi connectivity index (χ0) is 13.0. The van der Waals surface area contributed by atoms with Crippen molar-refractivity contribution < 1.29 is 14.7 Å². The van der Waals surface area contributed by atoms with Crippen LogP contribution in [0.1, 0.15) is 27.1 Å². The van der Waals surface area contributed by atoms with Gasteiger partial charge in [-0.2, -0.15) is 11.8 Å². The number of nitrogens with zero attached hydrogens (tertiary/aromatic N) is 2. The molecule has 2 rings (SSSR count). The van der Waals surface area contributed by atoms with E-state index in [4.69, 9.17) is 5.11 Å². The number of rotatable bonds is 6. The van der Waals surface area contributed by atoms with Crippen LogP contribution in [0.3, 0.4) is 0 Å². The Morgan fingerprint density at radius 2 is 2.00 bits per heavy atom. The molecule has 0 atom stereocenters.